The lowest BCUT2D eigenvalue weighted by atomic mass is 9.87. The van der Waals surface area contributed by atoms with Crippen molar-refractivity contribution in [2.75, 3.05) is 24.5 Å². The summed E-state index contributed by atoms with van der Waals surface area (Å²) in [4.78, 5) is 7.42. The van der Waals surface area contributed by atoms with E-state index in [-0.39, 0.29) is 5.60 Å². The fourth-order valence-corrected chi connectivity index (χ4v) is 4.24. The molecule has 2 aliphatic heterocycles. The summed E-state index contributed by atoms with van der Waals surface area (Å²) in [7, 11) is 0. The van der Waals surface area contributed by atoms with E-state index in [0.717, 1.165) is 37.4 Å². The number of rotatable bonds is 3. The fourth-order valence-electron chi connectivity index (χ4n) is 4.24. The average Bonchev–Trinajstić information content (AvgIpc) is 3.44. The summed E-state index contributed by atoms with van der Waals surface area (Å²) < 4.78 is 6.07. The molecule has 0 amide bonds. The zero-order valence-electron chi connectivity index (χ0n) is 16.4. The third kappa shape index (κ3) is 3.21. The molecule has 1 N–H and O–H groups in total. The second kappa shape index (κ2) is 6.51. The molecule has 1 aromatic rings. The summed E-state index contributed by atoms with van der Waals surface area (Å²) in [6.07, 6.45) is 3.22. The van der Waals surface area contributed by atoms with Crippen LogP contribution in [-0.4, -0.2) is 36.3 Å². The van der Waals surface area contributed by atoms with Crippen molar-refractivity contribution in [2.45, 2.75) is 71.1 Å². The van der Waals surface area contributed by atoms with E-state index in [2.05, 4.69) is 44.0 Å². The smallest absolute Gasteiger partial charge is 0.147 e. The number of piperazine rings is 1. The summed E-state index contributed by atoms with van der Waals surface area (Å²) in [6.45, 7) is 12.1. The van der Waals surface area contributed by atoms with Gasteiger partial charge in [0.25, 0.3) is 0 Å². The first-order chi connectivity index (χ1) is 12.4. The predicted octanol–water partition coefficient (Wildman–Crippen LogP) is 3.12. The topological polar surface area (TPSA) is 61.2 Å². The number of hydrogen-bond acceptors (Lipinski definition) is 5. The van der Waals surface area contributed by atoms with Crippen molar-refractivity contribution < 1.29 is 4.74 Å². The maximum absolute atomic E-state index is 10.0. The Hall–Kier alpha value is -1.64. The van der Waals surface area contributed by atoms with Gasteiger partial charge in [0.05, 0.1) is 23.5 Å². The van der Waals surface area contributed by atoms with Crippen LogP contribution < -0.4 is 10.2 Å². The Labute approximate surface area is 156 Å². The molecular formula is C21H30N4O. The first-order valence-electron chi connectivity index (χ1n) is 9.97. The van der Waals surface area contributed by atoms with Gasteiger partial charge in [0, 0.05) is 43.6 Å². The Balaban J connectivity index is 1.79. The molecule has 1 aliphatic carbocycles. The largest absolute Gasteiger partial charge is 0.370 e. The third-order valence-corrected chi connectivity index (χ3v) is 6.02. The van der Waals surface area contributed by atoms with Gasteiger partial charge >= 0.3 is 0 Å². The van der Waals surface area contributed by atoms with E-state index in [0.29, 0.717) is 24.5 Å². The van der Waals surface area contributed by atoms with Crippen LogP contribution in [0.4, 0.5) is 5.82 Å². The molecule has 1 saturated carbocycles. The average molecular weight is 354 g/mol. The first kappa shape index (κ1) is 17.8. The third-order valence-electron chi connectivity index (χ3n) is 6.02. The molecule has 3 aliphatic rings. The second-order valence-electron chi connectivity index (χ2n) is 9.01. The summed E-state index contributed by atoms with van der Waals surface area (Å²) in [5.74, 6) is 2.04. The van der Waals surface area contributed by atoms with E-state index >= 15 is 0 Å². The highest BCUT2D eigenvalue weighted by atomic mass is 16.5. The first-order valence-corrected chi connectivity index (χ1v) is 9.97. The van der Waals surface area contributed by atoms with Crippen molar-refractivity contribution in [3.63, 3.8) is 0 Å². The van der Waals surface area contributed by atoms with Crippen LogP contribution in [0.1, 0.15) is 68.8 Å². The van der Waals surface area contributed by atoms with E-state index in [1.165, 1.54) is 29.7 Å². The van der Waals surface area contributed by atoms with Gasteiger partial charge in [-0.25, -0.2) is 4.98 Å². The van der Waals surface area contributed by atoms with Crippen molar-refractivity contribution in [1.82, 2.24) is 10.3 Å². The standard InChI is InChI=1S/C21H30N4O/c1-13(2)18-11-25(8-7-23-18)20-16(10-22)15-9-21(3,4)26-12-17(15)19(24-20)14-5-6-14/h13-14,18,23H,5-9,11-12H2,1-4H3. The maximum Gasteiger partial charge on any atom is 0.147 e. The molecule has 1 atom stereocenters. The molecule has 5 heteroatoms. The summed E-state index contributed by atoms with van der Waals surface area (Å²) in [5.41, 5.74) is 4.15. The van der Waals surface area contributed by atoms with Gasteiger partial charge in [-0.3, -0.25) is 0 Å². The molecular weight excluding hydrogens is 324 g/mol. The van der Waals surface area contributed by atoms with Crippen molar-refractivity contribution in [3.05, 3.63) is 22.4 Å². The van der Waals surface area contributed by atoms with Gasteiger partial charge in [-0.15, -0.1) is 0 Å². The summed E-state index contributed by atoms with van der Waals surface area (Å²) in [6, 6.07) is 2.95. The minimum Gasteiger partial charge on any atom is -0.370 e. The molecule has 140 valence electrons. The monoisotopic (exact) mass is 354 g/mol. The van der Waals surface area contributed by atoms with Crippen LogP contribution in [0.15, 0.2) is 0 Å². The molecule has 2 fully saturated rings. The van der Waals surface area contributed by atoms with Crippen LogP contribution >= 0.6 is 0 Å². The number of nitrogens with zero attached hydrogens (tertiary/aromatic N) is 3. The Bertz CT molecular complexity index is 745. The summed E-state index contributed by atoms with van der Waals surface area (Å²) in [5, 5.41) is 13.6. The lowest BCUT2D eigenvalue weighted by molar-refractivity contribution is -0.0407. The number of nitriles is 1. The van der Waals surface area contributed by atoms with Crippen LogP contribution in [0.2, 0.25) is 0 Å². The quantitative estimate of drug-likeness (QED) is 0.904. The highest BCUT2D eigenvalue weighted by Gasteiger charge is 2.37. The molecule has 0 radical (unpaired) electrons. The SMILES string of the molecule is CC(C)C1CN(c2nc(C3CC3)c3c(c2C#N)CC(C)(C)OC3)CCN1. The Morgan fingerprint density at radius 2 is 2.08 bits per heavy atom. The number of fused-ring (bicyclic) bond motifs is 1. The van der Waals surface area contributed by atoms with Gasteiger partial charge in [-0.05, 0) is 38.2 Å². The zero-order chi connectivity index (χ0) is 18.5. The minimum absolute atomic E-state index is 0.220. The van der Waals surface area contributed by atoms with Crippen LogP contribution in [0.25, 0.3) is 0 Å². The molecule has 1 unspecified atom stereocenters. The number of hydrogen-bond donors (Lipinski definition) is 1. The summed E-state index contributed by atoms with van der Waals surface area (Å²) >= 11 is 0. The van der Waals surface area contributed by atoms with Gasteiger partial charge in [0.15, 0.2) is 0 Å². The van der Waals surface area contributed by atoms with Crippen molar-refractivity contribution in [3.8, 4) is 6.07 Å². The van der Waals surface area contributed by atoms with Gasteiger partial charge in [-0.1, -0.05) is 13.8 Å². The number of ether oxygens (including phenoxy) is 1. The van der Waals surface area contributed by atoms with Crippen molar-refractivity contribution >= 4 is 5.82 Å². The number of nitrogens with one attached hydrogen (secondary N) is 1. The van der Waals surface area contributed by atoms with Crippen molar-refractivity contribution in [1.29, 1.82) is 5.26 Å². The molecule has 1 aromatic heterocycles. The Kier molecular flexibility index (Phi) is 4.45. The van der Waals surface area contributed by atoms with Crippen LogP contribution in [0, 0.1) is 17.2 Å². The highest BCUT2D eigenvalue weighted by Crippen LogP contribution is 2.45. The molecule has 4 rings (SSSR count). The lowest BCUT2D eigenvalue weighted by Crippen LogP contribution is -2.53. The van der Waals surface area contributed by atoms with Gasteiger partial charge in [0.1, 0.15) is 11.9 Å². The molecule has 5 nitrogen and oxygen atoms in total. The molecule has 0 bridgehead atoms. The predicted molar refractivity (Wildman–Crippen MR) is 102 cm³/mol. The van der Waals surface area contributed by atoms with Gasteiger partial charge in [-0.2, -0.15) is 5.26 Å². The van der Waals surface area contributed by atoms with E-state index in [1.54, 1.807) is 0 Å². The van der Waals surface area contributed by atoms with E-state index in [9.17, 15) is 5.26 Å². The maximum atomic E-state index is 10.0. The Morgan fingerprint density at radius 1 is 1.31 bits per heavy atom. The van der Waals surface area contributed by atoms with E-state index in [4.69, 9.17) is 9.72 Å². The molecule has 3 heterocycles. The Morgan fingerprint density at radius 3 is 2.73 bits per heavy atom. The van der Waals surface area contributed by atoms with E-state index in [1.807, 2.05) is 0 Å². The number of aromatic nitrogens is 1. The van der Waals surface area contributed by atoms with Crippen LogP contribution in [0.3, 0.4) is 0 Å². The lowest BCUT2D eigenvalue weighted by Gasteiger charge is -2.39. The molecule has 0 aromatic carbocycles. The number of pyridine rings is 1. The highest BCUT2D eigenvalue weighted by molar-refractivity contribution is 5.62. The molecule has 26 heavy (non-hydrogen) atoms. The number of anilines is 1. The van der Waals surface area contributed by atoms with Crippen molar-refractivity contribution in [2.24, 2.45) is 5.92 Å². The minimum atomic E-state index is -0.220. The van der Waals surface area contributed by atoms with Crippen LogP contribution in [-0.2, 0) is 17.8 Å². The normalized spacial score (nSPS) is 25.1. The van der Waals surface area contributed by atoms with Gasteiger partial charge in [0.2, 0.25) is 0 Å². The van der Waals surface area contributed by atoms with E-state index < -0.39 is 0 Å². The van der Waals surface area contributed by atoms with Crippen LogP contribution in [0.5, 0.6) is 0 Å². The second-order valence-corrected chi connectivity index (χ2v) is 9.01. The molecule has 0 spiro atoms. The van der Waals surface area contributed by atoms with Gasteiger partial charge < -0.3 is 15.0 Å². The fraction of sp³-hybridized carbons (Fsp3) is 0.714. The molecule has 1 saturated heterocycles. The zero-order valence-corrected chi connectivity index (χ0v) is 16.4.